The van der Waals surface area contributed by atoms with Crippen LogP contribution in [0.3, 0.4) is 0 Å². The van der Waals surface area contributed by atoms with Gasteiger partial charge in [-0.2, -0.15) is 5.10 Å². The molecule has 0 amide bonds. The number of rotatable bonds is 8. The van der Waals surface area contributed by atoms with Crippen LogP contribution in [0.1, 0.15) is 30.9 Å². The minimum absolute atomic E-state index is 0.0997. The highest BCUT2D eigenvalue weighted by Crippen LogP contribution is 2.40. The summed E-state index contributed by atoms with van der Waals surface area (Å²) < 4.78 is 14.9. The van der Waals surface area contributed by atoms with E-state index >= 15 is 0 Å². The third-order valence-electron chi connectivity index (χ3n) is 6.57. The fourth-order valence-corrected chi connectivity index (χ4v) is 4.79. The maximum atomic E-state index is 11.4. The van der Waals surface area contributed by atoms with Gasteiger partial charge in [-0.1, -0.05) is 0 Å². The monoisotopic (exact) mass is 460 g/mol. The van der Waals surface area contributed by atoms with Gasteiger partial charge in [-0.3, -0.25) is 4.68 Å². The molecule has 0 radical (unpaired) electrons. The average molecular weight is 461 g/mol. The zero-order valence-corrected chi connectivity index (χ0v) is 19.6. The maximum absolute atomic E-state index is 11.4. The van der Waals surface area contributed by atoms with Crippen LogP contribution in [0.2, 0.25) is 0 Å². The number of carbonyl (C=O) groups is 1. The number of ether oxygens (including phenoxy) is 2. The van der Waals surface area contributed by atoms with Crippen molar-refractivity contribution in [1.82, 2.24) is 24.3 Å². The van der Waals surface area contributed by atoms with Crippen LogP contribution >= 0.6 is 0 Å². The third kappa shape index (κ3) is 3.98. The van der Waals surface area contributed by atoms with E-state index in [0.717, 1.165) is 70.7 Å². The molecule has 34 heavy (non-hydrogen) atoms. The topological polar surface area (TPSA) is 96.1 Å². The van der Waals surface area contributed by atoms with E-state index in [2.05, 4.69) is 31.1 Å². The minimum atomic E-state index is 0.0997. The Morgan fingerprint density at radius 3 is 2.76 bits per heavy atom. The van der Waals surface area contributed by atoms with E-state index in [1.165, 1.54) is 0 Å². The molecular weight excluding hydrogens is 432 g/mol. The first-order valence-corrected chi connectivity index (χ1v) is 11.4. The average Bonchev–Trinajstić information content (AvgIpc) is 3.60. The van der Waals surface area contributed by atoms with Gasteiger partial charge in [0.25, 0.3) is 0 Å². The van der Waals surface area contributed by atoms with Gasteiger partial charge in [-0.15, -0.1) is 0 Å². The third-order valence-corrected chi connectivity index (χ3v) is 6.57. The second-order valence-corrected chi connectivity index (χ2v) is 8.64. The summed E-state index contributed by atoms with van der Waals surface area (Å²) >= 11 is 0. The van der Waals surface area contributed by atoms with Crippen LogP contribution in [0.15, 0.2) is 43.0 Å². The molecule has 3 heterocycles. The molecule has 0 saturated heterocycles. The van der Waals surface area contributed by atoms with E-state index in [0.29, 0.717) is 6.54 Å². The molecule has 0 aliphatic heterocycles. The summed E-state index contributed by atoms with van der Waals surface area (Å²) in [6, 6.07) is 7.97. The lowest BCUT2D eigenvalue weighted by molar-refractivity contribution is -0.110. The summed E-state index contributed by atoms with van der Waals surface area (Å²) in [5.41, 5.74) is 3.65. The minimum Gasteiger partial charge on any atom is -0.497 e. The Morgan fingerprint density at radius 1 is 1.18 bits per heavy atom. The van der Waals surface area contributed by atoms with Gasteiger partial charge in [0.15, 0.2) is 0 Å². The first kappa shape index (κ1) is 21.9. The predicted molar refractivity (Wildman–Crippen MR) is 129 cm³/mol. The Bertz CT molecular complexity index is 1330. The van der Waals surface area contributed by atoms with Gasteiger partial charge in [0.2, 0.25) is 0 Å². The standard InChI is InChI=1S/C25H28N6O3/c1-30-9-8-21(29-30)20-13-31(18-6-4-16(10-18)14-32)25-23(20)24(27-15-28-25)26-12-17-5-7-19(33-2)11-22(17)34-3/h5,7-9,11,13-16,18H,4,6,10,12H2,1-3H3,(H,26,27,28). The van der Waals surface area contributed by atoms with Crippen LogP contribution < -0.4 is 14.8 Å². The largest absolute Gasteiger partial charge is 0.497 e. The van der Waals surface area contributed by atoms with Gasteiger partial charge >= 0.3 is 0 Å². The number of fused-ring (bicyclic) bond motifs is 1. The van der Waals surface area contributed by atoms with Gasteiger partial charge in [0.1, 0.15) is 35.6 Å². The fourth-order valence-electron chi connectivity index (χ4n) is 4.79. The highest BCUT2D eigenvalue weighted by atomic mass is 16.5. The molecule has 9 nitrogen and oxygen atoms in total. The van der Waals surface area contributed by atoms with Crippen LogP contribution in [0.25, 0.3) is 22.3 Å². The van der Waals surface area contributed by atoms with E-state index in [1.54, 1.807) is 25.2 Å². The van der Waals surface area contributed by atoms with Crippen molar-refractivity contribution in [3.05, 3.63) is 48.5 Å². The number of nitrogens with zero attached hydrogens (tertiary/aromatic N) is 5. The molecule has 0 spiro atoms. The quantitative estimate of drug-likeness (QED) is 0.397. The molecule has 1 N–H and O–H groups in total. The normalized spacial score (nSPS) is 17.7. The number of hydrogen-bond donors (Lipinski definition) is 1. The van der Waals surface area contributed by atoms with Crippen molar-refractivity contribution in [2.24, 2.45) is 13.0 Å². The molecule has 3 aromatic heterocycles. The molecule has 2 unspecified atom stereocenters. The number of methoxy groups -OCH3 is 2. The molecule has 1 fully saturated rings. The van der Waals surface area contributed by atoms with E-state index in [1.807, 2.05) is 37.5 Å². The predicted octanol–water partition coefficient (Wildman–Crippen LogP) is 4.00. The van der Waals surface area contributed by atoms with Crippen molar-refractivity contribution in [1.29, 1.82) is 0 Å². The van der Waals surface area contributed by atoms with Crippen molar-refractivity contribution < 1.29 is 14.3 Å². The van der Waals surface area contributed by atoms with Gasteiger partial charge < -0.3 is 24.2 Å². The van der Waals surface area contributed by atoms with Crippen molar-refractivity contribution in [2.45, 2.75) is 31.8 Å². The Kier molecular flexibility index (Phi) is 5.91. The van der Waals surface area contributed by atoms with Crippen molar-refractivity contribution >= 4 is 23.1 Å². The molecule has 2 atom stereocenters. The molecule has 176 valence electrons. The van der Waals surface area contributed by atoms with E-state index in [4.69, 9.17) is 9.47 Å². The van der Waals surface area contributed by atoms with Gasteiger partial charge in [0.05, 0.1) is 25.3 Å². The molecule has 1 aliphatic rings. The zero-order chi connectivity index (χ0) is 23.7. The van der Waals surface area contributed by atoms with Crippen LogP contribution in [-0.2, 0) is 18.4 Å². The van der Waals surface area contributed by atoms with Crippen molar-refractivity contribution in [2.75, 3.05) is 19.5 Å². The molecule has 1 aromatic carbocycles. The number of aromatic nitrogens is 5. The summed E-state index contributed by atoms with van der Waals surface area (Å²) in [6.45, 7) is 0.517. The molecule has 1 aliphatic carbocycles. The second-order valence-electron chi connectivity index (χ2n) is 8.64. The van der Waals surface area contributed by atoms with Gasteiger partial charge in [0, 0.05) is 55.1 Å². The number of carbonyl (C=O) groups excluding carboxylic acids is 1. The number of aldehydes is 1. The second kappa shape index (κ2) is 9.17. The van der Waals surface area contributed by atoms with E-state index in [-0.39, 0.29) is 12.0 Å². The molecular formula is C25H28N6O3. The van der Waals surface area contributed by atoms with Gasteiger partial charge in [-0.05, 0) is 37.5 Å². The zero-order valence-electron chi connectivity index (χ0n) is 19.6. The number of benzene rings is 1. The SMILES string of the molecule is COc1ccc(CNc2ncnc3c2c(-c2ccn(C)n2)cn3C2CCC(C=O)C2)c(OC)c1. The van der Waals surface area contributed by atoms with Crippen LogP contribution in [0, 0.1) is 5.92 Å². The highest BCUT2D eigenvalue weighted by molar-refractivity contribution is 6.00. The number of hydrogen-bond acceptors (Lipinski definition) is 7. The Labute approximate surface area is 197 Å². The smallest absolute Gasteiger partial charge is 0.146 e. The number of anilines is 1. The highest BCUT2D eigenvalue weighted by Gasteiger charge is 2.29. The Balaban J connectivity index is 1.55. The summed E-state index contributed by atoms with van der Waals surface area (Å²) in [5, 5.41) is 9.04. The molecule has 1 saturated carbocycles. The van der Waals surface area contributed by atoms with Crippen LogP contribution in [0.4, 0.5) is 5.82 Å². The summed E-state index contributed by atoms with van der Waals surface area (Å²) in [4.78, 5) is 20.6. The van der Waals surface area contributed by atoms with E-state index < -0.39 is 0 Å². The lowest BCUT2D eigenvalue weighted by Gasteiger charge is -2.14. The summed E-state index contributed by atoms with van der Waals surface area (Å²) in [7, 11) is 5.18. The number of aryl methyl sites for hydroxylation is 1. The molecule has 0 bridgehead atoms. The summed E-state index contributed by atoms with van der Waals surface area (Å²) in [6.07, 6.45) is 9.38. The molecule has 4 aromatic rings. The van der Waals surface area contributed by atoms with Crippen molar-refractivity contribution in [3.63, 3.8) is 0 Å². The van der Waals surface area contributed by atoms with Crippen LogP contribution in [0.5, 0.6) is 11.5 Å². The molecule has 5 rings (SSSR count). The molecule has 9 heteroatoms. The fraction of sp³-hybridized carbons (Fsp3) is 0.360. The maximum Gasteiger partial charge on any atom is 0.146 e. The van der Waals surface area contributed by atoms with Crippen molar-refractivity contribution in [3.8, 4) is 22.8 Å². The Hall–Kier alpha value is -3.88. The number of nitrogens with one attached hydrogen (secondary N) is 1. The van der Waals surface area contributed by atoms with Crippen LogP contribution in [-0.4, -0.2) is 44.8 Å². The van der Waals surface area contributed by atoms with Gasteiger partial charge in [-0.25, -0.2) is 9.97 Å². The first-order chi connectivity index (χ1) is 16.6. The Morgan fingerprint density at radius 2 is 2.06 bits per heavy atom. The lowest BCUT2D eigenvalue weighted by Crippen LogP contribution is -2.07. The summed E-state index contributed by atoms with van der Waals surface area (Å²) in [5.74, 6) is 2.31. The van der Waals surface area contributed by atoms with E-state index in [9.17, 15) is 4.79 Å². The lowest BCUT2D eigenvalue weighted by atomic mass is 10.1. The first-order valence-electron chi connectivity index (χ1n) is 11.4.